The monoisotopic (exact) mass is 332 g/mol. The van der Waals surface area contributed by atoms with Crippen LogP contribution in [-0.2, 0) is 14.8 Å². The summed E-state index contributed by atoms with van der Waals surface area (Å²) in [4.78, 5) is 13.4. The maximum atomic E-state index is 12.6. The first kappa shape index (κ1) is 15.4. The number of ether oxygens (including phenoxy) is 1. The van der Waals surface area contributed by atoms with E-state index in [4.69, 9.17) is 4.74 Å². The molecule has 1 aliphatic rings. The molecule has 1 N–H and O–H groups in total. The van der Waals surface area contributed by atoms with Crippen molar-refractivity contribution in [3.8, 4) is 5.75 Å². The summed E-state index contributed by atoms with van der Waals surface area (Å²) in [5, 5.41) is 0. The van der Waals surface area contributed by atoms with Crippen molar-refractivity contribution in [2.75, 3.05) is 23.3 Å². The van der Waals surface area contributed by atoms with Crippen LogP contribution >= 0.6 is 0 Å². The molecule has 0 radical (unpaired) electrons. The molecule has 1 aliphatic heterocycles. The van der Waals surface area contributed by atoms with Gasteiger partial charge in [0, 0.05) is 7.05 Å². The van der Waals surface area contributed by atoms with Crippen molar-refractivity contribution in [1.29, 1.82) is 0 Å². The molecule has 0 saturated heterocycles. The molecule has 7 heteroatoms. The number of para-hydroxylation sites is 1. The summed E-state index contributed by atoms with van der Waals surface area (Å²) in [5.74, 6) is 0.233. The van der Waals surface area contributed by atoms with Gasteiger partial charge in [-0.15, -0.1) is 0 Å². The molecule has 3 rings (SSSR count). The Hall–Kier alpha value is -2.54. The normalized spacial score (nSPS) is 14.2. The average molecular weight is 332 g/mol. The molecule has 0 fully saturated rings. The molecule has 0 spiro atoms. The Labute approximate surface area is 134 Å². The van der Waals surface area contributed by atoms with Gasteiger partial charge in [0.1, 0.15) is 11.4 Å². The molecule has 1 heterocycles. The lowest BCUT2D eigenvalue weighted by Gasteiger charge is -2.28. The van der Waals surface area contributed by atoms with Crippen molar-refractivity contribution >= 4 is 27.3 Å². The van der Waals surface area contributed by atoms with Crippen LogP contribution in [0.4, 0.5) is 11.4 Å². The number of amides is 1. The van der Waals surface area contributed by atoms with E-state index in [9.17, 15) is 13.2 Å². The molecule has 1 amide bonds. The van der Waals surface area contributed by atoms with Crippen LogP contribution in [0.1, 0.15) is 5.56 Å². The van der Waals surface area contributed by atoms with Crippen molar-refractivity contribution in [3.05, 3.63) is 48.0 Å². The van der Waals surface area contributed by atoms with Gasteiger partial charge in [-0.1, -0.05) is 18.2 Å². The van der Waals surface area contributed by atoms with E-state index in [1.165, 1.54) is 11.0 Å². The second-order valence-electron chi connectivity index (χ2n) is 5.32. The number of nitrogens with zero attached hydrogens (tertiary/aromatic N) is 1. The fourth-order valence-corrected chi connectivity index (χ4v) is 3.59. The lowest BCUT2D eigenvalue weighted by Crippen LogP contribution is -2.36. The Balaban J connectivity index is 2.03. The van der Waals surface area contributed by atoms with Crippen molar-refractivity contribution in [2.45, 2.75) is 11.8 Å². The van der Waals surface area contributed by atoms with Crippen molar-refractivity contribution in [1.82, 2.24) is 0 Å². The maximum Gasteiger partial charge on any atom is 0.264 e. The number of nitrogens with one attached hydrogen (secondary N) is 1. The summed E-state index contributed by atoms with van der Waals surface area (Å²) in [5.41, 5.74) is 1.57. The van der Waals surface area contributed by atoms with Gasteiger partial charge < -0.3 is 9.64 Å². The zero-order chi connectivity index (χ0) is 16.6. The maximum absolute atomic E-state index is 12.6. The molecule has 0 aromatic heterocycles. The summed E-state index contributed by atoms with van der Waals surface area (Å²) >= 11 is 0. The zero-order valence-electron chi connectivity index (χ0n) is 12.7. The van der Waals surface area contributed by atoms with Gasteiger partial charge in [-0.25, -0.2) is 8.42 Å². The predicted molar refractivity (Wildman–Crippen MR) is 87.3 cm³/mol. The predicted octanol–water partition coefficient (Wildman–Crippen LogP) is 2.15. The lowest BCUT2D eigenvalue weighted by atomic mass is 10.2. The Bertz CT molecular complexity index is 877. The average Bonchev–Trinajstić information content (AvgIpc) is 2.51. The SMILES string of the molecule is Cc1cccc(S(=O)(=O)Nc2cccc3c2N(C)C(=O)CO3)c1. The lowest BCUT2D eigenvalue weighted by molar-refractivity contribution is -0.120. The standard InChI is InChI=1S/C16H16N2O4S/c1-11-5-3-6-12(9-11)23(20,21)17-13-7-4-8-14-16(13)18(2)15(19)10-22-14/h3-9,17H,10H2,1-2H3. The Morgan fingerprint density at radius 1 is 1.17 bits per heavy atom. The van der Waals surface area contributed by atoms with Gasteiger partial charge in [-0.05, 0) is 36.8 Å². The third-order valence-electron chi connectivity index (χ3n) is 3.60. The summed E-state index contributed by atoms with van der Waals surface area (Å²) in [7, 11) is -2.16. The Morgan fingerprint density at radius 2 is 1.91 bits per heavy atom. The number of anilines is 2. The molecule has 0 atom stereocenters. The number of rotatable bonds is 3. The number of hydrogen-bond donors (Lipinski definition) is 1. The third-order valence-corrected chi connectivity index (χ3v) is 4.97. The summed E-state index contributed by atoms with van der Waals surface area (Å²) in [6.45, 7) is 1.77. The largest absolute Gasteiger partial charge is 0.481 e. The first-order valence-electron chi connectivity index (χ1n) is 7.00. The summed E-state index contributed by atoms with van der Waals surface area (Å²) in [6, 6.07) is 11.6. The van der Waals surface area contributed by atoms with Crippen LogP contribution in [0.15, 0.2) is 47.4 Å². The first-order chi connectivity index (χ1) is 10.9. The van der Waals surface area contributed by atoms with E-state index in [0.29, 0.717) is 17.1 Å². The number of sulfonamides is 1. The number of likely N-dealkylation sites (N-methyl/N-ethyl adjacent to an activating group) is 1. The van der Waals surface area contributed by atoms with Crippen molar-refractivity contribution in [2.24, 2.45) is 0 Å². The highest BCUT2D eigenvalue weighted by Gasteiger charge is 2.27. The van der Waals surface area contributed by atoms with Gasteiger partial charge >= 0.3 is 0 Å². The molecule has 6 nitrogen and oxygen atoms in total. The van der Waals surface area contributed by atoms with E-state index in [1.807, 2.05) is 13.0 Å². The van der Waals surface area contributed by atoms with Gasteiger partial charge in [0.25, 0.3) is 15.9 Å². The number of fused-ring (bicyclic) bond motifs is 1. The van der Waals surface area contributed by atoms with Crippen molar-refractivity contribution < 1.29 is 17.9 Å². The van der Waals surface area contributed by atoms with Crippen LogP contribution in [0.5, 0.6) is 5.75 Å². The molecule has 0 bridgehead atoms. The minimum atomic E-state index is -3.75. The van der Waals surface area contributed by atoms with Crippen LogP contribution < -0.4 is 14.4 Å². The molecule has 0 unspecified atom stereocenters. The van der Waals surface area contributed by atoms with E-state index in [1.54, 1.807) is 37.4 Å². The topological polar surface area (TPSA) is 75.7 Å². The quantitative estimate of drug-likeness (QED) is 0.934. The number of carbonyl (C=O) groups is 1. The smallest absolute Gasteiger partial charge is 0.264 e. The number of aryl methyl sites for hydroxylation is 1. The van der Waals surface area contributed by atoms with E-state index >= 15 is 0 Å². The van der Waals surface area contributed by atoms with Crippen LogP contribution in [-0.4, -0.2) is 28.0 Å². The minimum absolute atomic E-state index is 0.0580. The van der Waals surface area contributed by atoms with E-state index in [2.05, 4.69) is 4.72 Å². The molecular formula is C16H16N2O4S. The van der Waals surface area contributed by atoms with Crippen LogP contribution in [0.3, 0.4) is 0 Å². The zero-order valence-corrected chi connectivity index (χ0v) is 13.6. The van der Waals surface area contributed by atoms with E-state index in [0.717, 1.165) is 5.56 Å². The van der Waals surface area contributed by atoms with Crippen LogP contribution in [0.2, 0.25) is 0 Å². The fraction of sp³-hybridized carbons (Fsp3) is 0.188. The van der Waals surface area contributed by atoms with E-state index in [-0.39, 0.29) is 17.4 Å². The molecule has 2 aromatic carbocycles. The van der Waals surface area contributed by atoms with Gasteiger partial charge in [-0.2, -0.15) is 0 Å². The molecule has 0 saturated carbocycles. The van der Waals surface area contributed by atoms with Gasteiger partial charge in [0.15, 0.2) is 6.61 Å². The summed E-state index contributed by atoms with van der Waals surface area (Å²) in [6.07, 6.45) is 0. The molecular weight excluding hydrogens is 316 g/mol. The number of hydrogen-bond acceptors (Lipinski definition) is 4. The molecule has 120 valence electrons. The van der Waals surface area contributed by atoms with E-state index < -0.39 is 10.0 Å². The molecule has 0 aliphatic carbocycles. The number of carbonyl (C=O) groups excluding carboxylic acids is 1. The van der Waals surface area contributed by atoms with Crippen LogP contribution in [0.25, 0.3) is 0 Å². The second-order valence-corrected chi connectivity index (χ2v) is 7.00. The number of benzene rings is 2. The van der Waals surface area contributed by atoms with Gasteiger partial charge in [0.05, 0.1) is 10.6 Å². The molecule has 2 aromatic rings. The van der Waals surface area contributed by atoms with Crippen LogP contribution in [0, 0.1) is 6.92 Å². The fourth-order valence-electron chi connectivity index (χ4n) is 2.41. The highest BCUT2D eigenvalue weighted by Crippen LogP contribution is 2.38. The Kier molecular flexibility index (Phi) is 3.73. The first-order valence-corrected chi connectivity index (χ1v) is 8.49. The minimum Gasteiger partial charge on any atom is -0.481 e. The third kappa shape index (κ3) is 2.87. The van der Waals surface area contributed by atoms with Gasteiger partial charge in [0.2, 0.25) is 0 Å². The summed E-state index contributed by atoms with van der Waals surface area (Å²) < 4.78 is 33.0. The van der Waals surface area contributed by atoms with Crippen molar-refractivity contribution in [3.63, 3.8) is 0 Å². The molecule has 23 heavy (non-hydrogen) atoms. The highest BCUT2D eigenvalue weighted by molar-refractivity contribution is 7.92. The highest BCUT2D eigenvalue weighted by atomic mass is 32.2. The Morgan fingerprint density at radius 3 is 2.65 bits per heavy atom. The second kappa shape index (κ2) is 5.58. The van der Waals surface area contributed by atoms with Gasteiger partial charge in [-0.3, -0.25) is 9.52 Å².